The van der Waals surface area contributed by atoms with Crippen molar-refractivity contribution in [1.82, 2.24) is 9.97 Å². The van der Waals surface area contributed by atoms with Crippen LogP contribution in [-0.2, 0) is 4.79 Å². The van der Waals surface area contributed by atoms with Gasteiger partial charge in [-0.3, -0.25) is 4.79 Å². The Morgan fingerprint density at radius 3 is 2.37 bits per heavy atom. The number of benzene rings is 1. The van der Waals surface area contributed by atoms with Crippen LogP contribution < -0.4 is 5.73 Å². The number of halogens is 1. The quantitative estimate of drug-likeness (QED) is 0.875. The molecule has 1 aromatic carbocycles. The van der Waals surface area contributed by atoms with Gasteiger partial charge in [0.1, 0.15) is 5.82 Å². The number of rotatable bonds is 4. The first-order valence-corrected chi connectivity index (χ1v) is 5.61. The smallest absolute Gasteiger partial charge is 0.305 e. The number of carboxylic acid groups (broad SMARTS) is 1. The van der Waals surface area contributed by atoms with Gasteiger partial charge >= 0.3 is 5.97 Å². The number of aliphatic carboxylic acids is 1. The van der Waals surface area contributed by atoms with Gasteiger partial charge in [0.05, 0.1) is 6.42 Å². The fourth-order valence-corrected chi connectivity index (χ4v) is 1.58. The molecule has 0 bridgehead atoms. The highest BCUT2D eigenvalue weighted by molar-refractivity contribution is 5.67. The molecule has 1 atom stereocenters. The van der Waals surface area contributed by atoms with Crippen molar-refractivity contribution in [3.8, 4) is 11.4 Å². The molecule has 6 heteroatoms. The Balaban J connectivity index is 2.18. The summed E-state index contributed by atoms with van der Waals surface area (Å²) < 4.78 is 12.8. The van der Waals surface area contributed by atoms with Crippen LogP contribution in [0.3, 0.4) is 0 Å². The summed E-state index contributed by atoms with van der Waals surface area (Å²) in [5.41, 5.74) is 6.92. The number of hydrogen-bond acceptors (Lipinski definition) is 4. The number of hydrogen-bond donors (Lipinski definition) is 2. The summed E-state index contributed by atoms with van der Waals surface area (Å²) >= 11 is 0. The minimum atomic E-state index is -0.977. The fraction of sp³-hybridized carbons (Fsp3) is 0.154. The van der Waals surface area contributed by atoms with Gasteiger partial charge in [0, 0.05) is 29.6 Å². The predicted octanol–water partition coefficient (Wildman–Crippen LogP) is 1.76. The number of carboxylic acids is 1. The summed E-state index contributed by atoms with van der Waals surface area (Å²) in [5, 5.41) is 8.65. The molecule has 19 heavy (non-hydrogen) atoms. The lowest BCUT2D eigenvalue weighted by Gasteiger charge is -2.08. The van der Waals surface area contributed by atoms with Gasteiger partial charge in [0.2, 0.25) is 0 Å². The van der Waals surface area contributed by atoms with Crippen LogP contribution in [0.1, 0.15) is 18.0 Å². The zero-order chi connectivity index (χ0) is 13.8. The topological polar surface area (TPSA) is 89.1 Å². The van der Waals surface area contributed by atoms with Crippen LogP contribution in [0, 0.1) is 5.82 Å². The van der Waals surface area contributed by atoms with Crippen molar-refractivity contribution in [3.05, 3.63) is 48.0 Å². The van der Waals surface area contributed by atoms with E-state index in [4.69, 9.17) is 10.8 Å². The van der Waals surface area contributed by atoms with Gasteiger partial charge < -0.3 is 10.8 Å². The van der Waals surface area contributed by atoms with E-state index in [1.807, 2.05) is 0 Å². The Morgan fingerprint density at radius 2 is 1.84 bits per heavy atom. The van der Waals surface area contributed by atoms with E-state index in [1.165, 1.54) is 24.5 Å². The molecule has 0 aliphatic heterocycles. The standard InChI is InChI=1S/C13H12FN3O2/c14-10-3-1-8(2-4-10)13-16-6-9(7-17-13)11(15)5-12(18)19/h1-4,6-7,11H,5,15H2,(H,18,19)/t11-/m1/s1. The first kappa shape index (κ1) is 13.1. The second kappa shape index (κ2) is 5.53. The maximum atomic E-state index is 12.8. The molecule has 98 valence electrons. The molecule has 5 nitrogen and oxygen atoms in total. The van der Waals surface area contributed by atoms with Crippen molar-refractivity contribution >= 4 is 5.97 Å². The molecule has 0 radical (unpaired) electrons. The van der Waals surface area contributed by atoms with E-state index in [0.29, 0.717) is 17.0 Å². The van der Waals surface area contributed by atoms with Crippen molar-refractivity contribution in [3.63, 3.8) is 0 Å². The lowest BCUT2D eigenvalue weighted by Crippen LogP contribution is -2.15. The summed E-state index contributed by atoms with van der Waals surface area (Å²) in [6, 6.07) is 5.15. The van der Waals surface area contributed by atoms with Gasteiger partial charge in [-0.25, -0.2) is 14.4 Å². The largest absolute Gasteiger partial charge is 0.481 e. The van der Waals surface area contributed by atoms with E-state index in [0.717, 1.165) is 0 Å². The third-order valence-electron chi connectivity index (χ3n) is 2.60. The molecule has 2 aromatic rings. The van der Waals surface area contributed by atoms with Crippen molar-refractivity contribution in [2.45, 2.75) is 12.5 Å². The first-order valence-electron chi connectivity index (χ1n) is 5.61. The van der Waals surface area contributed by atoms with E-state index in [1.54, 1.807) is 12.1 Å². The van der Waals surface area contributed by atoms with E-state index < -0.39 is 12.0 Å². The lowest BCUT2D eigenvalue weighted by atomic mass is 10.1. The van der Waals surface area contributed by atoms with Crippen LogP contribution in [0.5, 0.6) is 0 Å². The van der Waals surface area contributed by atoms with Crippen LogP contribution in [-0.4, -0.2) is 21.0 Å². The van der Waals surface area contributed by atoms with Gasteiger partial charge in [-0.15, -0.1) is 0 Å². The zero-order valence-corrected chi connectivity index (χ0v) is 9.95. The van der Waals surface area contributed by atoms with Crippen molar-refractivity contribution < 1.29 is 14.3 Å². The maximum absolute atomic E-state index is 12.8. The summed E-state index contributed by atoms with van der Waals surface area (Å²) in [7, 11) is 0. The normalized spacial score (nSPS) is 12.1. The van der Waals surface area contributed by atoms with Crippen molar-refractivity contribution in [2.75, 3.05) is 0 Å². The van der Waals surface area contributed by atoms with E-state index >= 15 is 0 Å². The number of nitrogens with two attached hydrogens (primary N) is 1. The zero-order valence-electron chi connectivity index (χ0n) is 9.95. The third-order valence-corrected chi connectivity index (χ3v) is 2.60. The van der Waals surface area contributed by atoms with E-state index in [2.05, 4.69) is 9.97 Å². The SMILES string of the molecule is N[C@H](CC(=O)O)c1cnc(-c2ccc(F)cc2)nc1. The molecule has 0 unspecified atom stereocenters. The highest BCUT2D eigenvalue weighted by Gasteiger charge is 2.11. The lowest BCUT2D eigenvalue weighted by molar-refractivity contribution is -0.137. The van der Waals surface area contributed by atoms with Gasteiger partial charge in [-0.1, -0.05) is 0 Å². The predicted molar refractivity (Wildman–Crippen MR) is 66.6 cm³/mol. The molecule has 0 aliphatic rings. The molecular weight excluding hydrogens is 249 g/mol. The molecule has 0 aliphatic carbocycles. The highest BCUT2D eigenvalue weighted by atomic mass is 19.1. The Labute approximate surface area is 108 Å². The second-order valence-electron chi connectivity index (χ2n) is 4.05. The van der Waals surface area contributed by atoms with Gasteiger partial charge in [-0.2, -0.15) is 0 Å². The third kappa shape index (κ3) is 3.32. The molecule has 0 amide bonds. The average Bonchev–Trinajstić information content (AvgIpc) is 2.39. The monoisotopic (exact) mass is 261 g/mol. The fourth-order valence-electron chi connectivity index (χ4n) is 1.58. The average molecular weight is 261 g/mol. The van der Waals surface area contributed by atoms with Crippen molar-refractivity contribution in [1.29, 1.82) is 0 Å². The molecule has 1 heterocycles. The maximum Gasteiger partial charge on any atom is 0.305 e. The summed E-state index contributed by atoms with van der Waals surface area (Å²) in [4.78, 5) is 18.7. The van der Waals surface area contributed by atoms with Crippen LogP contribution in [0.25, 0.3) is 11.4 Å². The molecule has 0 spiro atoms. The summed E-state index contributed by atoms with van der Waals surface area (Å²) in [6.07, 6.45) is 2.79. The molecule has 0 saturated heterocycles. The number of nitrogens with zero attached hydrogens (tertiary/aromatic N) is 2. The Morgan fingerprint density at radius 1 is 1.26 bits per heavy atom. The van der Waals surface area contributed by atoms with Gasteiger partial charge in [0.15, 0.2) is 5.82 Å². The number of carbonyl (C=O) groups is 1. The van der Waals surface area contributed by atoms with Crippen LogP contribution >= 0.6 is 0 Å². The van der Waals surface area contributed by atoms with Crippen molar-refractivity contribution in [2.24, 2.45) is 5.73 Å². The second-order valence-corrected chi connectivity index (χ2v) is 4.05. The van der Waals surface area contributed by atoms with Crippen LogP contribution in [0.15, 0.2) is 36.7 Å². The molecule has 0 fully saturated rings. The summed E-state index contributed by atoms with van der Waals surface area (Å²) in [5.74, 6) is -0.870. The van der Waals surface area contributed by atoms with Crippen LogP contribution in [0.2, 0.25) is 0 Å². The molecule has 1 aromatic heterocycles. The van der Waals surface area contributed by atoms with E-state index in [-0.39, 0.29) is 12.2 Å². The van der Waals surface area contributed by atoms with Gasteiger partial charge in [-0.05, 0) is 24.3 Å². The Kier molecular flexibility index (Phi) is 3.82. The molecular formula is C13H12FN3O2. The van der Waals surface area contributed by atoms with Gasteiger partial charge in [0.25, 0.3) is 0 Å². The van der Waals surface area contributed by atoms with E-state index in [9.17, 15) is 9.18 Å². The minimum Gasteiger partial charge on any atom is -0.481 e. The Bertz CT molecular complexity index is 569. The number of aromatic nitrogens is 2. The first-order chi connectivity index (χ1) is 9.06. The van der Waals surface area contributed by atoms with Crippen LogP contribution in [0.4, 0.5) is 4.39 Å². The molecule has 3 N–H and O–H groups in total. The molecule has 2 rings (SSSR count). The Hall–Kier alpha value is -2.34. The summed E-state index contributed by atoms with van der Waals surface area (Å²) in [6.45, 7) is 0. The molecule has 0 saturated carbocycles. The minimum absolute atomic E-state index is 0.181. The highest BCUT2D eigenvalue weighted by Crippen LogP contribution is 2.17.